The summed E-state index contributed by atoms with van der Waals surface area (Å²) < 4.78 is 37.5. The molecule has 0 atom stereocenters. The molecule has 10 nitrogen and oxygen atoms in total. The predicted molar refractivity (Wildman–Crippen MR) is 160 cm³/mol. The first-order chi connectivity index (χ1) is 19.3. The summed E-state index contributed by atoms with van der Waals surface area (Å²) in [6, 6.07) is 11.8. The van der Waals surface area contributed by atoms with Crippen LogP contribution in [0.5, 0.6) is 11.5 Å². The van der Waals surface area contributed by atoms with Crippen molar-refractivity contribution in [2.45, 2.75) is 44.4 Å². The fourth-order valence-electron chi connectivity index (χ4n) is 4.69. The fraction of sp³-hybridized carbons (Fsp3) is 0.393. The van der Waals surface area contributed by atoms with Gasteiger partial charge in [0, 0.05) is 32.2 Å². The average Bonchev–Trinajstić information content (AvgIpc) is 3.66. The Morgan fingerprint density at radius 1 is 1.00 bits per heavy atom. The second-order valence-corrected chi connectivity index (χ2v) is 12.2. The van der Waals surface area contributed by atoms with Crippen LogP contribution in [-0.4, -0.2) is 57.4 Å². The lowest BCUT2D eigenvalue weighted by molar-refractivity contribution is 0.327. The minimum atomic E-state index is -4.06. The normalized spacial score (nSPS) is 15.7. The third-order valence-corrected chi connectivity index (χ3v) is 8.57. The summed E-state index contributed by atoms with van der Waals surface area (Å²) in [5, 5.41) is 4.41. The van der Waals surface area contributed by atoms with E-state index < -0.39 is 10.1 Å². The molecule has 3 aromatic rings. The first-order valence-corrected chi connectivity index (χ1v) is 15.7. The van der Waals surface area contributed by atoms with Crippen LogP contribution in [-0.2, 0) is 10.1 Å². The predicted octanol–water partition coefficient (Wildman–Crippen LogP) is 5.36. The molecule has 0 amide bonds. The standard InChI is InChI=1S/C28H33BrN6O4S/c1-3-38-24-17-21(16-23(29)27(24)39-40(36,37)22-10-8-20(2)9-11-22)19-30-33-25-18-26(34-12-4-5-13-34)32-28(31-25)35-14-6-7-15-35/h8-11,16-19H,3-7,12-15H2,1-2H3,(H,31,32,33). The number of hydrazone groups is 1. The van der Waals surface area contributed by atoms with Crippen molar-refractivity contribution in [3.05, 3.63) is 58.1 Å². The van der Waals surface area contributed by atoms with E-state index in [-0.39, 0.29) is 16.4 Å². The van der Waals surface area contributed by atoms with Crippen LogP contribution >= 0.6 is 15.9 Å². The molecule has 40 heavy (non-hydrogen) atoms. The van der Waals surface area contributed by atoms with Crippen LogP contribution in [0.15, 0.2) is 56.9 Å². The van der Waals surface area contributed by atoms with Gasteiger partial charge in [-0.25, -0.2) is 0 Å². The molecule has 0 bridgehead atoms. The largest absolute Gasteiger partial charge is 0.490 e. The third-order valence-electron chi connectivity index (χ3n) is 6.75. The van der Waals surface area contributed by atoms with Crippen LogP contribution in [0, 0.1) is 6.92 Å². The summed E-state index contributed by atoms with van der Waals surface area (Å²) >= 11 is 3.45. The lowest BCUT2D eigenvalue weighted by atomic mass is 10.2. The van der Waals surface area contributed by atoms with Crippen LogP contribution < -0.4 is 24.1 Å². The lowest BCUT2D eigenvalue weighted by Gasteiger charge is -2.21. The van der Waals surface area contributed by atoms with E-state index in [1.54, 1.807) is 30.5 Å². The van der Waals surface area contributed by atoms with Crippen LogP contribution in [0.1, 0.15) is 43.7 Å². The maximum atomic E-state index is 12.9. The van der Waals surface area contributed by atoms with Crippen molar-refractivity contribution in [3.63, 3.8) is 0 Å². The number of aromatic nitrogens is 2. The molecule has 0 unspecified atom stereocenters. The molecule has 2 aliphatic heterocycles. The van der Waals surface area contributed by atoms with Gasteiger partial charge in [0.05, 0.1) is 17.3 Å². The molecule has 5 rings (SSSR count). The minimum absolute atomic E-state index is 0.0636. The van der Waals surface area contributed by atoms with Gasteiger partial charge in [-0.1, -0.05) is 17.7 Å². The zero-order chi connectivity index (χ0) is 28.1. The number of rotatable bonds is 10. The molecule has 2 fully saturated rings. The van der Waals surface area contributed by atoms with Crippen molar-refractivity contribution in [1.29, 1.82) is 0 Å². The molecule has 0 saturated carbocycles. The van der Waals surface area contributed by atoms with Gasteiger partial charge >= 0.3 is 10.1 Å². The zero-order valence-corrected chi connectivity index (χ0v) is 25.0. The summed E-state index contributed by atoms with van der Waals surface area (Å²) in [6.45, 7) is 7.91. The van der Waals surface area contributed by atoms with Crippen LogP contribution in [0.25, 0.3) is 0 Å². The second kappa shape index (κ2) is 12.4. The van der Waals surface area contributed by atoms with Gasteiger partial charge in [0.15, 0.2) is 17.3 Å². The first-order valence-electron chi connectivity index (χ1n) is 13.5. The van der Waals surface area contributed by atoms with E-state index in [2.05, 4.69) is 36.3 Å². The van der Waals surface area contributed by atoms with Crippen LogP contribution in [0.2, 0.25) is 0 Å². The van der Waals surface area contributed by atoms with Gasteiger partial charge in [0.1, 0.15) is 10.7 Å². The molecule has 212 valence electrons. The molecular formula is C28H33BrN6O4S. The van der Waals surface area contributed by atoms with E-state index in [0.29, 0.717) is 22.5 Å². The van der Waals surface area contributed by atoms with Crippen molar-refractivity contribution in [1.82, 2.24) is 9.97 Å². The molecule has 12 heteroatoms. The number of benzene rings is 2. The quantitative estimate of drug-likeness (QED) is 0.180. The second-order valence-electron chi connectivity index (χ2n) is 9.78. The molecule has 1 aromatic heterocycles. The smallest absolute Gasteiger partial charge is 0.339 e. The van der Waals surface area contributed by atoms with E-state index in [0.717, 1.165) is 69.2 Å². The van der Waals surface area contributed by atoms with Crippen LogP contribution in [0.4, 0.5) is 17.6 Å². The highest BCUT2D eigenvalue weighted by Crippen LogP contribution is 2.38. The van der Waals surface area contributed by atoms with E-state index in [1.165, 1.54) is 12.1 Å². The number of anilines is 3. The maximum absolute atomic E-state index is 12.9. The number of aryl methyl sites for hydroxylation is 1. The Hall–Kier alpha value is -3.38. The summed E-state index contributed by atoms with van der Waals surface area (Å²) in [7, 11) is -4.06. The van der Waals surface area contributed by atoms with Gasteiger partial charge in [0.2, 0.25) is 5.95 Å². The Morgan fingerprint density at radius 3 is 2.35 bits per heavy atom. The number of halogens is 1. The molecule has 2 aliphatic rings. The average molecular weight is 630 g/mol. The molecule has 1 N–H and O–H groups in total. The molecule has 2 aromatic carbocycles. The van der Waals surface area contributed by atoms with Gasteiger partial charge in [0.25, 0.3) is 0 Å². The maximum Gasteiger partial charge on any atom is 0.339 e. The Kier molecular flexibility index (Phi) is 8.75. The van der Waals surface area contributed by atoms with Gasteiger partial charge in [-0.3, -0.25) is 5.43 Å². The Morgan fingerprint density at radius 2 is 1.68 bits per heavy atom. The third kappa shape index (κ3) is 6.67. The molecular weight excluding hydrogens is 596 g/mol. The van der Waals surface area contributed by atoms with E-state index in [9.17, 15) is 8.42 Å². The molecule has 0 radical (unpaired) electrons. The van der Waals surface area contributed by atoms with Crippen molar-refractivity contribution < 1.29 is 17.3 Å². The molecule has 3 heterocycles. The van der Waals surface area contributed by atoms with Crippen molar-refractivity contribution in [2.75, 3.05) is 48.0 Å². The zero-order valence-electron chi connectivity index (χ0n) is 22.6. The van der Waals surface area contributed by atoms with E-state index >= 15 is 0 Å². The minimum Gasteiger partial charge on any atom is -0.490 e. The van der Waals surface area contributed by atoms with Crippen molar-refractivity contribution in [3.8, 4) is 11.5 Å². The van der Waals surface area contributed by atoms with Gasteiger partial charge in [-0.2, -0.15) is 23.5 Å². The number of hydrogen-bond donors (Lipinski definition) is 1. The molecule has 0 spiro atoms. The highest BCUT2D eigenvalue weighted by atomic mass is 79.9. The fourth-order valence-corrected chi connectivity index (χ4v) is 6.29. The van der Waals surface area contributed by atoms with E-state index in [4.69, 9.17) is 18.9 Å². The summed E-state index contributed by atoms with van der Waals surface area (Å²) in [5.74, 6) is 2.60. The lowest BCUT2D eigenvalue weighted by Crippen LogP contribution is -2.24. The molecule has 2 saturated heterocycles. The number of nitrogens with one attached hydrogen (secondary N) is 1. The SMILES string of the molecule is CCOc1cc(C=NNc2cc(N3CCCC3)nc(N3CCCC3)n2)cc(Br)c1OS(=O)(=O)c1ccc(C)cc1. The van der Waals surface area contributed by atoms with Crippen molar-refractivity contribution in [2.24, 2.45) is 5.10 Å². The van der Waals surface area contributed by atoms with Gasteiger partial charge < -0.3 is 18.7 Å². The number of ether oxygens (including phenoxy) is 1. The highest BCUT2D eigenvalue weighted by molar-refractivity contribution is 9.10. The number of nitrogens with zero attached hydrogens (tertiary/aromatic N) is 5. The summed E-state index contributed by atoms with van der Waals surface area (Å²) in [6.07, 6.45) is 6.22. The van der Waals surface area contributed by atoms with Gasteiger partial charge in [-0.15, -0.1) is 0 Å². The number of hydrogen-bond acceptors (Lipinski definition) is 10. The Balaban J connectivity index is 1.37. The molecule has 0 aliphatic carbocycles. The Bertz CT molecular complexity index is 1440. The highest BCUT2D eigenvalue weighted by Gasteiger charge is 2.23. The summed E-state index contributed by atoms with van der Waals surface area (Å²) in [5.41, 5.74) is 4.68. The summed E-state index contributed by atoms with van der Waals surface area (Å²) in [4.78, 5) is 14.1. The van der Waals surface area contributed by atoms with Crippen LogP contribution in [0.3, 0.4) is 0 Å². The topological polar surface area (TPSA) is 109 Å². The van der Waals surface area contributed by atoms with Crippen molar-refractivity contribution >= 4 is 49.8 Å². The first kappa shape index (κ1) is 28.2. The Labute approximate surface area is 243 Å². The van der Waals surface area contributed by atoms with Gasteiger partial charge in [-0.05, 0) is 85.3 Å². The monoisotopic (exact) mass is 628 g/mol. The van der Waals surface area contributed by atoms with E-state index in [1.807, 2.05) is 19.9 Å².